The largest absolute Gasteiger partial charge is 1.00 e. The average molecular weight is 213 g/mol. The molecule has 0 unspecified atom stereocenters. The third-order valence-electron chi connectivity index (χ3n) is 0.727. The molecule has 10 heavy (non-hydrogen) atoms. The molecule has 0 rings (SSSR count). The number of aliphatic hydroxyl groups is 1. The summed E-state index contributed by atoms with van der Waals surface area (Å²) in [6, 6.07) is 0. The number of aliphatic carboxylic acids is 1. The third kappa shape index (κ3) is 6.67. The second kappa shape index (κ2) is 6.28. The van der Waals surface area contributed by atoms with Gasteiger partial charge in [0.15, 0.2) is 0 Å². The predicted octanol–water partition coefficient (Wildman–Crippen LogP) is -2.10. The molecule has 0 atom stereocenters. The fraction of sp³-hybridized carbons (Fsp3) is 0.167. The number of aliphatic hydroxyl groups excluding tert-OH is 1. The van der Waals surface area contributed by atoms with Gasteiger partial charge in [-0.15, -0.1) is 6.58 Å². The van der Waals surface area contributed by atoms with E-state index in [0.717, 1.165) is 0 Å². The van der Waals surface area contributed by atoms with E-state index >= 15 is 0 Å². The van der Waals surface area contributed by atoms with Crippen LogP contribution >= 0.6 is 0 Å². The van der Waals surface area contributed by atoms with Crippen molar-refractivity contribution >= 4 is 5.97 Å². The van der Waals surface area contributed by atoms with Crippen LogP contribution in [-0.4, -0.2) is 16.2 Å². The molecule has 0 aliphatic rings. The fourth-order valence-electron chi connectivity index (χ4n) is 0.233. The number of carbonyl (C=O) groups is 1. The van der Waals surface area contributed by atoms with Crippen LogP contribution in [0.1, 0.15) is 6.92 Å². The number of allylic oxidation sites excluding steroid dienone is 1. The van der Waals surface area contributed by atoms with E-state index in [1.165, 1.54) is 6.92 Å². The average Bonchev–Trinajstić information content (AvgIpc) is 1.63. The summed E-state index contributed by atoms with van der Waals surface area (Å²) in [4.78, 5) is 9.83. The minimum atomic E-state index is -1.21. The van der Waals surface area contributed by atoms with Crippen LogP contribution < -0.4 is 58.2 Å². The summed E-state index contributed by atoms with van der Waals surface area (Å²) in [5.41, 5.74) is 0.141. The molecule has 3 nitrogen and oxygen atoms in total. The molecule has 2 N–H and O–H groups in total. The molecule has 0 aromatic rings. The standard InChI is InChI=1S/C6H7O3.Rb/c1-4(5(2)7)3-6(8)9;/h7H,2H2,1H3,(H,8,9);/q-1;+1. The zero-order chi connectivity index (χ0) is 7.44. The summed E-state index contributed by atoms with van der Waals surface area (Å²) < 4.78 is 0. The van der Waals surface area contributed by atoms with Crippen molar-refractivity contribution in [1.82, 2.24) is 0 Å². The van der Waals surface area contributed by atoms with Gasteiger partial charge in [-0.05, 0) is 5.76 Å². The van der Waals surface area contributed by atoms with Crippen LogP contribution in [0.2, 0.25) is 0 Å². The molecule has 0 radical (unpaired) electrons. The van der Waals surface area contributed by atoms with Crippen LogP contribution in [-0.2, 0) is 4.79 Å². The van der Waals surface area contributed by atoms with Gasteiger partial charge in [-0.1, -0.05) is 6.92 Å². The fourth-order valence-corrected chi connectivity index (χ4v) is 0.233. The van der Waals surface area contributed by atoms with E-state index in [9.17, 15) is 4.79 Å². The minimum Gasteiger partial charge on any atom is -0.593 e. The van der Waals surface area contributed by atoms with Crippen LogP contribution in [0.5, 0.6) is 0 Å². The molecule has 0 aromatic carbocycles. The number of carboxylic acid groups (broad SMARTS) is 1. The van der Waals surface area contributed by atoms with Gasteiger partial charge in [-0.2, -0.15) is 11.6 Å². The van der Waals surface area contributed by atoms with Gasteiger partial charge < -0.3 is 10.2 Å². The van der Waals surface area contributed by atoms with E-state index in [1.807, 2.05) is 6.08 Å². The Bertz CT molecular complexity index is 172. The Kier molecular flexibility index (Phi) is 8.27. The van der Waals surface area contributed by atoms with E-state index in [2.05, 4.69) is 6.58 Å². The van der Waals surface area contributed by atoms with E-state index in [4.69, 9.17) is 10.2 Å². The molecule has 4 heteroatoms. The first kappa shape index (κ1) is 13.2. The van der Waals surface area contributed by atoms with E-state index in [-0.39, 0.29) is 69.5 Å². The smallest absolute Gasteiger partial charge is 0.593 e. The normalized spacial score (nSPS) is 9.90. The van der Waals surface area contributed by atoms with Crippen LogP contribution in [0.25, 0.3) is 0 Å². The van der Waals surface area contributed by atoms with Crippen molar-refractivity contribution in [3.8, 4) is 0 Å². The Labute approximate surface area is 108 Å². The van der Waals surface area contributed by atoms with Crippen molar-refractivity contribution < 1.29 is 73.2 Å². The molecule has 0 fully saturated rings. The van der Waals surface area contributed by atoms with Crippen molar-refractivity contribution in [3.63, 3.8) is 0 Å². The second-order valence-corrected chi connectivity index (χ2v) is 1.50. The first-order chi connectivity index (χ1) is 4.04. The molecule has 50 valence electrons. The Morgan fingerprint density at radius 1 is 1.50 bits per heavy atom. The Balaban J connectivity index is 0. The van der Waals surface area contributed by atoms with Crippen LogP contribution in [0.3, 0.4) is 0 Å². The molecule has 0 spiro atoms. The van der Waals surface area contributed by atoms with Gasteiger partial charge in [0.2, 0.25) is 5.97 Å². The van der Waals surface area contributed by atoms with Crippen LogP contribution in [0.15, 0.2) is 17.9 Å². The first-order valence-electron chi connectivity index (χ1n) is 2.25. The van der Waals surface area contributed by atoms with Gasteiger partial charge >= 0.3 is 58.2 Å². The van der Waals surface area contributed by atoms with Gasteiger partial charge in [0.25, 0.3) is 0 Å². The summed E-state index contributed by atoms with van der Waals surface area (Å²) in [5.74, 6) is -1.47. The summed E-state index contributed by atoms with van der Waals surface area (Å²) in [6.45, 7) is 4.51. The summed E-state index contributed by atoms with van der Waals surface area (Å²) in [6.07, 6.45) is 1.93. The van der Waals surface area contributed by atoms with Gasteiger partial charge in [-0.3, -0.25) is 4.79 Å². The van der Waals surface area contributed by atoms with Crippen molar-refractivity contribution in [1.29, 1.82) is 0 Å². The van der Waals surface area contributed by atoms with Crippen molar-refractivity contribution in [2.75, 3.05) is 0 Å². The van der Waals surface area contributed by atoms with Gasteiger partial charge in [0, 0.05) is 0 Å². The van der Waals surface area contributed by atoms with Gasteiger partial charge in [0.05, 0.1) is 0 Å². The molecular formula is C6H7O3Rb. The molecule has 0 aromatic heterocycles. The SMILES string of the molecule is C=C(O)C(C)=[C-]C(=O)O.[Rb+]. The molecule has 0 amide bonds. The molecular weight excluding hydrogens is 206 g/mol. The zero-order valence-electron chi connectivity index (χ0n) is 6.01. The van der Waals surface area contributed by atoms with Crippen molar-refractivity contribution in [2.45, 2.75) is 6.92 Å². The van der Waals surface area contributed by atoms with E-state index in [1.54, 1.807) is 0 Å². The first-order valence-corrected chi connectivity index (χ1v) is 2.25. The maximum Gasteiger partial charge on any atom is 1.00 e. The zero-order valence-corrected chi connectivity index (χ0v) is 10.9. The Morgan fingerprint density at radius 3 is 2.00 bits per heavy atom. The third-order valence-corrected chi connectivity index (χ3v) is 0.727. The topological polar surface area (TPSA) is 57.5 Å². The molecule has 0 heterocycles. The number of hydrogen-bond donors (Lipinski definition) is 2. The van der Waals surface area contributed by atoms with Crippen LogP contribution in [0.4, 0.5) is 0 Å². The van der Waals surface area contributed by atoms with Crippen LogP contribution in [0, 0.1) is 6.08 Å². The molecule has 0 saturated carbocycles. The van der Waals surface area contributed by atoms with E-state index < -0.39 is 5.97 Å². The van der Waals surface area contributed by atoms with Gasteiger partial charge in [-0.25, -0.2) is 0 Å². The summed E-state index contributed by atoms with van der Waals surface area (Å²) in [5, 5.41) is 16.6. The molecule has 0 aliphatic heterocycles. The molecule has 0 bridgehead atoms. The minimum absolute atomic E-state index is 0. The number of rotatable bonds is 2. The maximum atomic E-state index is 9.83. The van der Waals surface area contributed by atoms with Crippen molar-refractivity contribution in [2.24, 2.45) is 0 Å². The summed E-state index contributed by atoms with van der Waals surface area (Å²) in [7, 11) is 0. The van der Waals surface area contributed by atoms with Crippen molar-refractivity contribution in [3.05, 3.63) is 24.0 Å². The number of carboxylic acids is 1. The number of hydrogen-bond acceptors (Lipinski definition) is 2. The molecule has 0 saturated heterocycles. The Hall–Kier alpha value is 0.555. The van der Waals surface area contributed by atoms with Gasteiger partial charge in [0.1, 0.15) is 0 Å². The quantitative estimate of drug-likeness (QED) is 0.239. The Morgan fingerprint density at radius 2 is 1.90 bits per heavy atom. The maximum absolute atomic E-state index is 9.83. The predicted molar refractivity (Wildman–Crippen MR) is 31.8 cm³/mol. The second-order valence-electron chi connectivity index (χ2n) is 1.50. The summed E-state index contributed by atoms with van der Waals surface area (Å²) >= 11 is 0. The molecule has 0 aliphatic carbocycles. The van der Waals surface area contributed by atoms with E-state index in [0.29, 0.717) is 0 Å². The monoisotopic (exact) mass is 212 g/mol.